The van der Waals surface area contributed by atoms with Gasteiger partial charge in [0, 0.05) is 38.4 Å². The van der Waals surface area contributed by atoms with Crippen molar-refractivity contribution in [3.05, 3.63) is 30.1 Å². The first kappa shape index (κ1) is 15.4. The molecule has 120 valence electrons. The Kier molecular flexibility index (Phi) is 5.05. The number of aromatic nitrogens is 1. The molecule has 3 heterocycles. The Labute approximate surface area is 132 Å². The molecule has 3 atom stereocenters. The summed E-state index contributed by atoms with van der Waals surface area (Å²) in [7, 11) is 0. The molecule has 2 saturated heterocycles. The number of carbonyl (C=O) groups is 1. The van der Waals surface area contributed by atoms with Crippen LogP contribution in [0.4, 0.5) is 0 Å². The lowest BCUT2D eigenvalue weighted by Crippen LogP contribution is -2.51. The van der Waals surface area contributed by atoms with E-state index in [9.17, 15) is 4.79 Å². The van der Waals surface area contributed by atoms with Gasteiger partial charge in [0.05, 0.1) is 11.6 Å². The molecule has 1 aromatic heterocycles. The number of nitrogens with zero attached hydrogens (tertiary/aromatic N) is 2. The topological polar surface area (TPSA) is 57.3 Å². The largest absolute Gasteiger partial charge is 0.353 e. The number of pyridine rings is 1. The number of hydrogen-bond donors (Lipinski definition) is 2. The lowest BCUT2D eigenvalue weighted by Gasteiger charge is -2.37. The highest BCUT2D eigenvalue weighted by Crippen LogP contribution is 2.19. The van der Waals surface area contributed by atoms with Crippen LogP contribution in [0.5, 0.6) is 0 Å². The summed E-state index contributed by atoms with van der Waals surface area (Å²) in [4.78, 5) is 19.1. The third-order valence-corrected chi connectivity index (χ3v) is 4.86. The van der Waals surface area contributed by atoms with Crippen molar-refractivity contribution in [2.24, 2.45) is 11.8 Å². The summed E-state index contributed by atoms with van der Waals surface area (Å²) in [5.41, 5.74) is 1.12. The predicted octanol–water partition coefficient (Wildman–Crippen LogP) is 1.02. The highest BCUT2D eigenvalue weighted by Gasteiger charge is 2.30. The fourth-order valence-electron chi connectivity index (χ4n) is 3.49. The van der Waals surface area contributed by atoms with Gasteiger partial charge >= 0.3 is 0 Å². The van der Waals surface area contributed by atoms with E-state index in [-0.39, 0.29) is 11.8 Å². The summed E-state index contributed by atoms with van der Waals surface area (Å²) in [6, 6.07) is 6.37. The van der Waals surface area contributed by atoms with Gasteiger partial charge in [0.15, 0.2) is 0 Å². The zero-order chi connectivity index (χ0) is 15.4. The SMILES string of the molecule is C[C@@H]1CN(Cc2ccccn2)CC[C@@H]1NC(=O)[C@@H]1CCNC1. The minimum Gasteiger partial charge on any atom is -0.353 e. The molecule has 1 aromatic rings. The standard InChI is InChI=1S/C17H26N4O/c1-13-11-21(12-15-4-2-3-7-19-15)9-6-16(13)20-17(22)14-5-8-18-10-14/h2-4,7,13-14,16,18H,5-6,8-12H2,1H3,(H,20,22)/t13-,14-,16+/m1/s1. The molecule has 1 amide bonds. The Morgan fingerprint density at radius 1 is 1.45 bits per heavy atom. The lowest BCUT2D eigenvalue weighted by molar-refractivity contribution is -0.125. The van der Waals surface area contributed by atoms with Gasteiger partial charge in [-0.05, 0) is 37.4 Å². The van der Waals surface area contributed by atoms with Crippen LogP contribution in [0, 0.1) is 11.8 Å². The smallest absolute Gasteiger partial charge is 0.224 e. The van der Waals surface area contributed by atoms with Gasteiger partial charge in [-0.15, -0.1) is 0 Å². The first-order chi connectivity index (χ1) is 10.7. The average Bonchev–Trinajstić information content (AvgIpc) is 3.05. The van der Waals surface area contributed by atoms with E-state index in [1.54, 1.807) is 0 Å². The highest BCUT2D eigenvalue weighted by atomic mass is 16.2. The van der Waals surface area contributed by atoms with E-state index < -0.39 is 0 Å². The minimum atomic E-state index is 0.166. The lowest BCUT2D eigenvalue weighted by atomic mass is 9.93. The van der Waals surface area contributed by atoms with Crippen LogP contribution >= 0.6 is 0 Å². The van der Waals surface area contributed by atoms with Gasteiger partial charge in [0.1, 0.15) is 0 Å². The van der Waals surface area contributed by atoms with Gasteiger partial charge in [-0.25, -0.2) is 0 Å². The van der Waals surface area contributed by atoms with Crippen molar-refractivity contribution < 1.29 is 4.79 Å². The number of piperidine rings is 1. The summed E-state index contributed by atoms with van der Waals surface area (Å²) in [5, 5.41) is 6.53. The maximum atomic E-state index is 12.3. The highest BCUT2D eigenvalue weighted by molar-refractivity contribution is 5.79. The van der Waals surface area contributed by atoms with Gasteiger partial charge < -0.3 is 10.6 Å². The van der Waals surface area contributed by atoms with Gasteiger partial charge in [-0.3, -0.25) is 14.7 Å². The molecule has 0 unspecified atom stereocenters. The second-order valence-electron chi connectivity index (χ2n) is 6.63. The van der Waals surface area contributed by atoms with Crippen molar-refractivity contribution in [2.75, 3.05) is 26.2 Å². The van der Waals surface area contributed by atoms with E-state index in [1.165, 1.54) is 0 Å². The molecule has 2 fully saturated rings. The fourth-order valence-corrected chi connectivity index (χ4v) is 3.49. The van der Waals surface area contributed by atoms with Crippen LogP contribution in [-0.2, 0) is 11.3 Å². The molecule has 22 heavy (non-hydrogen) atoms. The van der Waals surface area contributed by atoms with Crippen LogP contribution in [0.3, 0.4) is 0 Å². The van der Waals surface area contributed by atoms with Crippen LogP contribution in [0.25, 0.3) is 0 Å². The van der Waals surface area contributed by atoms with E-state index in [0.29, 0.717) is 12.0 Å². The molecule has 2 aliphatic rings. The second-order valence-corrected chi connectivity index (χ2v) is 6.63. The molecule has 0 aliphatic carbocycles. The molecule has 0 saturated carbocycles. The first-order valence-electron chi connectivity index (χ1n) is 8.35. The Morgan fingerprint density at radius 3 is 3.05 bits per heavy atom. The van der Waals surface area contributed by atoms with E-state index in [0.717, 1.165) is 51.3 Å². The van der Waals surface area contributed by atoms with Crippen LogP contribution in [0.2, 0.25) is 0 Å². The number of likely N-dealkylation sites (tertiary alicyclic amines) is 1. The Bertz CT molecular complexity index is 487. The predicted molar refractivity (Wildman–Crippen MR) is 86.2 cm³/mol. The van der Waals surface area contributed by atoms with Crippen molar-refractivity contribution >= 4 is 5.91 Å². The number of nitrogens with one attached hydrogen (secondary N) is 2. The molecule has 0 spiro atoms. The van der Waals surface area contributed by atoms with E-state index >= 15 is 0 Å². The van der Waals surface area contributed by atoms with Crippen LogP contribution in [0.1, 0.15) is 25.5 Å². The number of rotatable bonds is 4. The number of amides is 1. The molecule has 5 heteroatoms. The van der Waals surface area contributed by atoms with Crippen molar-refractivity contribution in [3.63, 3.8) is 0 Å². The van der Waals surface area contributed by atoms with Crippen molar-refractivity contribution in [1.29, 1.82) is 0 Å². The summed E-state index contributed by atoms with van der Waals surface area (Å²) in [5.74, 6) is 0.884. The molecule has 0 radical (unpaired) electrons. The Morgan fingerprint density at radius 2 is 2.36 bits per heavy atom. The molecule has 3 rings (SSSR count). The van der Waals surface area contributed by atoms with E-state index in [2.05, 4.69) is 33.5 Å². The Balaban J connectivity index is 1.48. The Hall–Kier alpha value is -1.46. The minimum absolute atomic E-state index is 0.166. The fraction of sp³-hybridized carbons (Fsp3) is 0.647. The van der Waals surface area contributed by atoms with Gasteiger partial charge in [0.2, 0.25) is 5.91 Å². The maximum absolute atomic E-state index is 12.3. The third kappa shape index (κ3) is 3.84. The van der Waals surface area contributed by atoms with E-state index in [1.807, 2.05) is 18.3 Å². The number of carbonyl (C=O) groups excluding carboxylic acids is 1. The molecule has 2 N–H and O–H groups in total. The summed E-state index contributed by atoms with van der Waals surface area (Å²) >= 11 is 0. The van der Waals surface area contributed by atoms with Crippen LogP contribution in [0.15, 0.2) is 24.4 Å². The molecule has 5 nitrogen and oxygen atoms in total. The van der Waals surface area contributed by atoms with Gasteiger partial charge in [0.25, 0.3) is 0 Å². The monoisotopic (exact) mass is 302 g/mol. The second kappa shape index (κ2) is 7.20. The van der Waals surface area contributed by atoms with Gasteiger partial charge in [-0.2, -0.15) is 0 Å². The molecule has 0 aromatic carbocycles. The quantitative estimate of drug-likeness (QED) is 0.872. The average molecular weight is 302 g/mol. The first-order valence-corrected chi connectivity index (χ1v) is 8.35. The van der Waals surface area contributed by atoms with E-state index in [4.69, 9.17) is 0 Å². The summed E-state index contributed by atoms with van der Waals surface area (Å²) in [6.07, 6.45) is 3.85. The molecule has 0 bridgehead atoms. The third-order valence-electron chi connectivity index (χ3n) is 4.86. The zero-order valence-corrected chi connectivity index (χ0v) is 13.3. The van der Waals surface area contributed by atoms with Gasteiger partial charge in [-0.1, -0.05) is 13.0 Å². The van der Waals surface area contributed by atoms with Crippen LogP contribution < -0.4 is 10.6 Å². The summed E-state index contributed by atoms with van der Waals surface area (Å²) in [6.45, 7) is 6.98. The normalized spacial score (nSPS) is 29.4. The van der Waals surface area contributed by atoms with Crippen LogP contribution in [-0.4, -0.2) is 48.0 Å². The van der Waals surface area contributed by atoms with Crippen molar-refractivity contribution in [3.8, 4) is 0 Å². The van der Waals surface area contributed by atoms with Crippen molar-refractivity contribution in [1.82, 2.24) is 20.5 Å². The maximum Gasteiger partial charge on any atom is 0.224 e. The zero-order valence-electron chi connectivity index (χ0n) is 13.3. The number of hydrogen-bond acceptors (Lipinski definition) is 4. The molecule has 2 aliphatic heterocycles. The molecular formula is C17H26N4O. The molecular weight excluding hydrogens is 276 g/mol. The summed E-state index contributed by atoms with van der Waals surface area (Å²) < 4.78 is 0. The van der Waals surface area contributed by atoms with Crippen molar-refractivity contribution in [2.45, 2.75) is 32.4 Å².